The van der Waals surface area contributed by atoms with E-state index in [1.54, 1.807) is 12.1 Å². The summed E-state index contributed by atoms with van der Waals surface area (Å²) in [6.45, 7) is 0. The van der Waals surface area contributed by atoms with Crippen molar-refractivity contribution >= 4 is 51.7 Å². The quantitative estimate of drug-likeness (QED) is 0.376. The fourth-order valence-corrected chi connectivity index (χ4v) is 4.36. The number of rotatable bonds is 3. The molecular formula is C24H15Cl2NO3. The van der Waals surface area contributed by atoms with E-state index < -0.39 is 5.97 Å². The van der Waals surface area contributed by atoms with Gasteiger partial charge in [0.25, 0.3) is 0 Å². The summed E-state index contributed by atoms with van der Waals surface area (Å²) >= 11 is 12.4. The predicted molar refractivity (Wildman–Crippen MR) is 119 cm³/mol. The van der Waals surface area contributed by atoms with Crippen molar-refractivity contribution in [3.63, 3.8) is 0 Å². The molecule has 4 aromatic rings. The number of para-hydroxylation sites is 1. The number of benzene rings is 2. The number of hydrogen-bond donors (Lipinski definition) is 1. The van der Waals surface area contributed by atoms with Gasteiger partial charge in [-0.2, -0.15) is 0 Å². The second-order valence-electron chi connectivity index (χ2n) is 7.11. The zero-order chi connectivity index (χ0) is 20.8. The molecule has 0 amide bonds. The Morgan fingerprint density at radius 1 is 1.03 bits per heavy atom. The summed E-state index contributed by atoms with van der Waals surface area (Å²) in [4.78, 5) is 16.7. The van der Waals surface area contributed by atoms with E-state index in [0.29, 0.717) is 50.9 Å². The number of aromatic nitrogens is 1. The van der Waals surface area contributed by atoms with E-state index in [4.69, 9.17) is 32.6 Å². The first kappa shape index (κ1) is 18.9. The minimum absolute atomic E-state index is 0.338. The molecule has 0 bridgehead atoms. The fourth-order valence-electron chi connectivity index (χ4n) is 3.96. The van der Waals surface area contributed by atoms with Crippen LogP contribution in [0.25, 0.3) is 33.9 Å². The zero-order valence-electron chi connectivity index (χ0n) is 15.7. The van der Waals surface area contributed by atoms with E-state index >= 15 is 0 Å². The van der Waals surface area contributed by atoms with E-state index in [9.17, 15) is 9.90 Å². The number of halogens is 2. The largest absolute Gasteiger partial charge is 0.478 e. The second-order valence-corrected chi connectivity index (χ2v) is 7.89. The number of allylic oxidation sites excluding steroid dienone is 1. The van der Waals surface area contributed by atoms with Gasteiger partial charge in [-0.25, -0.2) is 9.78 Å². The maximum absolute atomic E-state index is 12.0. The number of fused-ring (bicyclic) bond motifs is 2. The Bertz CT molecular complexity index is 1350. The minimum Gasteiger partial charge on any atom is -0.478 e. The summed E-state index contributed by atoms with van der Waals surface area (Å²) in [5, 5.41) is 11.4. The van der Waals surface area contributed by atoms with Crippen molar-refractivity contribution in [3.8, 4) is 11.3 Å². The highest BCUT2D eigenvalue weighted by molar-refractivity contribution is 6.43. The molecule has 1 N–H and O–H groups in total. The molecule has 0 saturated heterocycles. The lowest BCUT2D eigenvalue weighted by atomic mass is 10.0. The molecular weight excluding hydrogens is 421 g/mol. The lowest BCUT2D eigenvalue weighted by molar-refractivity contribution is 0.0698. The molecule has 4 nitrogen and oxygen atoms in total. The summed E-state index contributed by atoms with van der Waals surface area (Å²) in [5.41, 5.74) is 4.19. The molecule has 148 valence electrons. The number of nitrogens with zero attached hydrogens (tertiary/aromatic N) is 1. The number of carbonyl (C=O) groups is 1. The summed E-state index contributed by atoms with van der Waals surface area (Å²) in [7, 11) is 0. The maximum Gasteiger partial charge on any atom is 0.336 e. The first-order valence-electron chi connectivity index (χ1n) is 9.43. The molecule has 6 heteroatoms. The zero-order valence-corrected chi connectivity index (χ0v) is 17.2. The van der Waals surface area contributed by atoms with Gasteiger partial charge in [-0.3, -0.25) is 0 Å². The molecule has 2 heterocycles. The van der Waals surface area contributed by atoms with Gasteiger partial charge >= 0.3 is 5.97 Å². The van der Waals surface area contributed by atoms with Crippen LogP contribution in [0, 0.1) is 0 Å². The SMILES string of the molecule is O=C(O)c1c2c(nc3ccccc13)/C(=C\c1ccc(-c3cccc(Cl)c3Cl)o1)CC2. The highest BCUT2D eigenvalue weighted by Gasteiger charge is 2.26. The lowest BCUT2D eigenvalue weighted by Gasteiger charge is -2.08. The van der Waals surface area contributed by atoms with Gasteiger partial charge in [-0.15, -0.1) is 0 Å². The number of carboxylic acids is 1. The molecule has 1 aliphatic carbocycles. The van der Waals surface area contributed by atoms with E-state index in [2.05, 4.69) is 0 Å². The van der Waals surface area contributed by atoms with Crippen molar-refractivity contribution in [2.75, 3.05) is 0 Å². The number of aromatic carboxylic acids is 1. The van der Waals surface area contributed by atoms with Crippen LogP contribution in [0.5, 0.6) is 0 Å². The molecule has 2 aromatic carbocycles. The van der Waals surface area contributed by atoms with Gasteiger partial charge in [-0.1, -0.05) is 47.5 Å². The van der Waals surface area contributed by atoms with Crippen LogP contribution < -0.4 is 0 Å². The Morgan fingerprint density at radius 2 is 1.87 bits per heavy atom. The fraction of sp³-hybridized carbons (Fsp3) is 0.0833. The van der Waals surface area contributed by atoms with Crippen LogP contribution in [0.1, 0.15) is 33.8 Å². The smallest absolute Gasteiger partial charge is 0.336 e. The van der Waals surface area contributed by atoms with Gasteiger partial charge in [-0.05, 0) is 60.4 Å². The highest BCUT2D eigenvalue weighted by Crippen LogP contribution is 2.39. The molecule has 2 aromatic heterocycles. The summed E-state index contributed by atoms with van der Waals surface area (Å²) in [6.07, 6.45) is 3.25. The van der Waals surface area contributed by atoms with Gasteiger partial charge in [0.2, 0.25) is 0 Å². The van der Waals surface area contributed by atoms with Crippen LogP contribution in [0.2, 0.25) is 10.0 Å². The van der Waals surface area contributed by atoms with Crippen molar-refractivity contribution in [3.05, 3.63) is 87.2 Å². The number of hydrogen-bond acceptors (Lipinski definition) is 3. The number of furan rings is 1. The number of carboxylic acid groups (broad SMARTS) is 1. The highest BCUT2D eigenvalue weighted by atomic mass is 35.5. The molecule has 0 atom stereocenters. The average Bonchev–Trinajstić information content (AvgIpc) is 3.35. The van der Waals surface area contributed by atoms with Gasteiger partial charge < -0.3 is 9.52 Å². The van der Waals surface area contributed by atoms with Crippen molar-refractivity contribution < 1.29 is 14.3 Å². The third-order valence-corrected chi connectivity index (χ3v) is 6.13. The second kappa shape index (κ2) is 7.31. The first-order valence-corrected chi connectivity index (χ1v) is 10.2. The van der Waals surface area contributed by atoms with Crippen molar-refractivity contribution in [1.29, 1.82) is 0 Å². The monoisotopic (exact) mass is 435 g/mol. The van der Waals surface area contributed by atoms with E-state index in [0.717, 1.165) is 22.4 Å². The normalized spacial score (nSPS) is 14.4. The standard InChI is InChI=1S/C24H15Cl2NO3/c25-18-6-3-5-16(22(18)26)20-11-9-14(30-20)12-13-8-10-17-21(24(28)29)15-4-1-2-7-19(15)27-23(13)17/h1-7,9,11-12H,8,10H2,(H,28,29)/b13-12-. The van der Waals surface area contributed by atoms with Gasteiger partial charge in [0.05, 0.1) is 26.8 Å². The van der Waals surface area contributed by atoms with E-state index in [-0.39, 0.29) is 0 Å². The van der Waals surface area contributed by atoms with Crippen LogP contribution in [0.4, 0.5) is 0 Å². The molecule has 30 heavy (non-hydrogen) atoms. The molecule has 5 rings (SSSR count). The molecule has 0 radical (unpaired) electrons. The van der Waals surface area contributed by atoms with Crippen molar-refractivity contribution in [2.45, 2.75) is 12.8 Å². The molecule has 0 unspecified atom stereocenters. The maximum atomic E-state index is 12.0. The molecule has 0 saturated carbocycles. The molecule has 0 aliphatic heterocycles. The summed E-state index contributed by atoms with van der Waals surface area (Å²) < 4.78 is 5.98. The third kappa shape index (κ3) is 3.09. The lowest BCUT2D eigenvalue weighted by Crippen LogP contribution is -2.05. The average molecular weight is 436 g/mol. The van der Waals surface area contributed by atoms with Gasteiger partial charge in [0.15, 0.2) is 0 Å². The van der Waals surface area contributed by atoms with Crippen LogP contribution in [0.15, 0.2) is 59.0 Å². The Hall–Kier alpha value is -3.08. The number of pyridine rings is 1. The van der Waals surface area contributed by atoms with Crippen LogP contribution in [0.3, 0.4) is 0 Å². The minimum atomic E-state index is -0.929. The molecule has 0 spiro atoms. The van der Waals surface area contributed by atoms with Crippen molar-refractivity contribution in [1.82, 2.24) is 4.98 Å². The van der Waals surface area contributed by atoms with Gasteiger partial charge in [0.1, 0.15) is 11.5 Å². The van der Waals surface area contributed by atoms with E-state index in [1.165, 1.54) is 0 Å². The van der Waals surface area contributed by atoms with Gasteiger partial charge in [0, 0.05) is 10.9 Å². The van der Waals surface area contributed by atoms with E-state index in [1.807, 2.05) is 48.5 Å². The summed E-state index contributed by atoms with van der Waals surface area (Å²) in [5.74, 6) is 0.336. The van der Waals surface area contributed by atoms with Crippen LogP contribution in [-0.2, 0) is 6.42 Å². The molecule has 0 fully saturated rings. The Balaban J connectivity index is 1.60. The Labute approximate surface area is 182 Å². The first-order chi connectivity index (χ1) is 14.5. The van der Waals surface area contributed by atoms with Crippen molar-refractivity contribution in [2.24, 2.45) is 0 Å². The molecule has 1 aliphatic rings. The predicted octanol–water partition coefficient (Wildman–Crippen LogP) is 6.99. The van der Waals surface area contributed by atoms with Crippen LogP contribution in [-0.4, -0.2) is 16.1 Å². The Morgan fingerprint density at radius 3 is 2.70 bits per heavy atom. The van der Waals surface area contributed by atoms with Crippen LogP contribution >= 0.6 is 23.2 Å². The third-order valence-electron chi connectivity index (χ3n) is 5.32. The Kier molecular flexibility index (Phi) is 4.61. The summed E-state index contributed by atoms with van der Waals surface area (Å²) in [6, 6.07) is 16.4. The topological polar surface area (TPSA) is 63.3 Å².